The molecule has 0 saturated carbocycles. The van der Waals surface area contributed by atoms with E-state index in [1.807, 2.05) is 24.0 Å². The molecule has 3 heterocycles. The molecule has 3 aromatic heterocycles. The minimum atomic E-state index is 0.739. The van der Waals surface area contributed by atoms with Crippen molar-refractivity contribution in [1.82, 2.24) is 19.6 Å². The van der Waals surface area contributed by atoms with Crippen molar-refractivity contribution in [2.75, 3.05) is 5.32 Å². The molecule has 3 rings (SSSR count). The lowest BCUT2D eigenvalue weighted by Gasteiger charge is -2.04. The predicted molar refractivity (Wildman–Crippen MR) is 62.4 cm³/mol. The second-order valence-electron chi connectivity index (χ2n) is 3.26. The van der Waals surface area contributed by atoms with Gasteiger partial charge in [0.05, 0.1) is 18.3 Å². The zero-order chi connectivity index (χ0) is 10.8. The summed E-state index contributed by atoms with van der Waals surface area (Å²) in [7, 11) is 0. The predicted octanol–water partition coefficient (Wildman–Crippen LogP) is 1.80. The summed E-state index contributed by atoms with van der Waals surface area (Å²) in [5.74, 6) is 0.841. The molecule has 80 valence electrons. The summed E-state index contributed by atoms with van der Waals surface area (Å²) >= 11 is 1.63. The number of rotatable bonds is 3. The molecule has 0 bridgehead atoms. The van der Waals surface area contributed by atoms with Crippen molar-refractivity contribution in [2.45, 2.75) is 6.54 Å². The molecule has 0 aromatic carbocycles. The molecule has 16 heavy (non-hydrogen) atoms. The van der Waals surface area contributed by atoms with Crippen molar-refractivity contribution in [3.8, 4) is 0 Å². The molecule has 5 nitrogen and oxygen atoms in total. The van der Waals surface area contributed by atoms with E-state index in [2.05, 4.69) is 20.4 Å². The molecule has 0 saturated heterocycles. The highest BCUT2D eigenvalue weighted by molar-refractivity contribution is 7.09. The fourth-order valence-corrected chi connectivity index (χ4v) is 2.03. The fourth-order valence-electron chi connectivity index (χ4n) is 1.49. The van der Waals surface area contributed by atoms with Crippen LogP contribution in [-0.2, 0) is 6.54 Å². The lowest BCUT2D eigenvalue weighted by molar-refractivity contribution is 0.943. The van der Waals surface area contributed by atoms with Gasteiger partial charge in [-0.3, -0.25) is 4.98 Å². The zero-order valence-corrected chi connectivity index (χ0v) is 9.18. The summed E-state index contributed by atoms with van der Waals surface area (Å²) in [5.41, 5.74) is 2.80. The van der Waals surface area contributed by atoms with Gasteiger partial charge in [0.1, 0.15) is 5.52 Å². The highest BCUT2D eigenvalue weighted by Gasteiger charge is 2.02. The van der Waals surface area contributed by atoms with Crippen LogP contribution in [0.2, 0.25) is 0 Å². The summed E-state index contributed by atoms with van der Waals surface area (Å²) in [5, 5.41) is 7.43. The zero-order valence-electron chi connectivity index (χ0n) is 8.37. The molecule has 0 fully saturated rings. The molecule has 0 aliphatic heterocycles. The lowest BCUT2D eigenvalue weighted by Crippen LogP contribution is -2.02. The maximum atomic E-state index is 4.29. The second-order valence-corrected chi connectivity index (χ2v) is 4.23. The van der Waals surface area contributed by atoms with Crippen LogP contribution in [0.15, 0.2) is 36.4 Å². The van der Waals surface area contributed by atoms with Gasteiger partial charge in [0.25, 0.3) is 0 Å². The Balaban J connectivity index is 1.86. The topological polar surface area (TPSA) is 55.1 Å². The number of nitrogens with zero attached hydrogens (tertiary/aromatic N) is 4. The first-order chi connectivity index (χ1) is 7.93. The standard InChI is InChI=1S/C10H9N5S/c1-2-14-15-4-3-12-10(9(1)15)13-6-8-5-11-7-16-8/h1-5,7H,6H2,(H,12,13). The molecule has 0 radical (unpaired) electrons. The van der Waals surface area contributed by atoms with Gasteiger partial charge in [0.2, 0.25) is 0 Å². The van der Waals surface area contributed by atoms with Crippen LogP contribution in [0.25, 0.3) is 5.52 Å². The molecule has 0 aliphatic carbocycles. The van der Waals surface area contributed by atoms with Crippen LogP contribution in [0.3, 0.4) is 0 Å². The van der Waals surface area contributed by atoms with Gasteiger partial charge in [-0.25, -0.2) is 9.50 Å². The molecule has 6 heteroatoms. The number of thiazole rings is 1. The van der Waals surface area contributed by atoms with Crippen molar-refractivity contribution in [1.29, 1.82) is 0 Å². The summed E-state index contributed by atoms with van der Waals surface area (Å²) in [4.78, 5) is 9.50. The molecule has 0 spiro atoms. The van der Waals surface area contributed by atoms with E-state index in [0.29, 0.717) is 0 Å². The smallest absolute Gasteiger partial charge is 0.152 e. The highest BCUT2D eigenvalue weighted by Crippen LogP contribution is 2.14. The molecule has 0 amide bonds. The minimum absolute atomic E-state index is 0.739. The van der Waals surface area contributed by atoms with Crippen LogP contribution in [0.5, 0.6) is 0 Å². The normalized spacial score (nSPS) is 10.8. The Kier molecular flexibility index (Phi) is 2.26. The van der Waals surface area contributed by atoms with Crippen molar-refractivity contribution in [3.05, 3.63) is 41.2 Å². The van der Waals surface area contributed by atoms with E-state index in [9.17, 15) is 0 Å². The SMILES string of the molecule is c1cn2nccc2c(NCc2cncs2)n1. The van der Waals surface area contributed by atoms with Crippen molar-refractivity contribution < 1.29 is 0 Å². The summed E-state index contributed by atoms with van der Waals surface area (Å²) in [6, 6.07) is 1.93. The average Bonchev–Trinajstić information content (AvgIpc) is 2.97. The molecule has 3 aromatic rings. The second kappa shape index (κ2) is 3.90. The Morgan fingerprint density at radius 1 is 1.38 bits per heavy atom. The largest absolute Gasteiger partial charge is 0.363 e. The number of hydrogen-bond acceptors (Lipinski definition) is 5. The molecule has 0 atom stereocenters. The third-order valence-electron chi connectivity index (χ3n) is 2.24. The number of fused-ring (bicyclic) bond motifs is 1. The van der Waals surface area contributed by atoms with Crippen molar-refractivity contribution in [2.24, 2.45) is 0 Å². The Morgan fingerprint density at radius 2 is 2.38 bits per heavy atom. The fraction of sp³-hybridized carbons (Fsp3) is 0.100. The quantitative estimate of drug-likeness (QED) is 0.746. The van der Waals surface area contributed by atoms with Crippen LogP contribution in [0.1, 0.15) is 4.88 Å². The van der Waals surface area contributed by atoms with Crippen LogP contribution in [0.4, 0.5) is 5.82 Å². The van der Waals surface area contributed by atoms with Crippen LogP contribution in [-0.4, -0.2) is 19.6 Å². The van der Waals surface area contributed by atoms with Gasteiger partial charge in [0, 0.05) is 23.5 Å². The van der Waals surface area contributed by atoms with E-state index >= 15 is 0 Å². The first-order valence-corrected chi connectivity index (χ1v) is 5.71. The minimum Gasteiger partial charge on any atom is -0.363 e. The Hall–Kier alpha value is -1.95. The number of anilines is 1. The molecule has 0 unspecified atom stereocenters. The number of hydrogen-bond donors (Lipinski definition) is 1. The van der Waals surface area contributed by atoms with Gasteiger partial charge in [-0.1, -0.05) is 0 Å². The van der Waals surface area contributed by atoms with Gasteiger partial charge in [0.15, 0.2) is 5.82 Å². The van der Waals surface area contributed by atoms with Gasteiger partial charge < -0.3 is 5.32 Å². The van der Waals surface area contributed by atoms with E-state index in [0.717, 1.165) is 17.9 Å². The van der Waals surface area contributed by atoms with E-state index in [1.165, 1.54) is 4.88 Å². The third-order valence-corrected chi connectivity index (χ3v) is 3.02. The average molecular weight is 231 g/mol. The van der Waals surface area contributed by atoms with E-state index in [1.54, 1.807) is 28.2 Å². The first-order valence-electron chi connectivity index (χ1n) is 4.83. The number of aromatic nitrogens is 4. The first kappa shape index (κ1) is 9.29. The van der Waals surface area contributed by atoms with Crippen LogP contribution >= 0.6 is 11.3 Å². The third kappa shape index (κ3) is 1.63. The van der Waals surface area contributed by atoms with Gasteiger partial charge >= 0.3 is 0 Å². The number of nitrogens with one attached hydrogen (secondary N) is 1. The summed E-state index contributed by atoms with van der Waals surface area (Å²) < 4.78 is 1.79. The van der Waals surface area contributed by atoms with E-state index in [-0.39, 0.29) is 0 Å². The van der Waals surface area contributed by atoms with Crippen LogP contribution in [0, 0.1) is 0 Å². The highest BCUT2D eigenvalue weighted by atomic mass is 32.1. The van der Waals surface area contributed by atoms with Gasteiger partial charge in [-0.2, -0.15) is 5.10 Å². The molecule has 0 aliphatic rings. The molecule has 1 N–H and O–H groups in total. The van der Waals surface area contributed by atoms with Gasteiger partial charge in [-0.05, 0) is 6.07 Å². The maximum absolute atomic E-state index is 4.29. The van der Waals surface area contributed by atoms with Crippen LogP contribution < -0.4 is 5.32 Å². The van der Waals surface area contributed by atoms with Crippen molar-refractivity contribution in [3.63, 3.8) is 0 Å². The lowest BCUT2D eigenvalue weighted by atomic mass is 10.4. The molecular weight excluding hydrogens is 222 g/mol. The summed E-state index contributed by atoms with van der Waals surface area (Å²) in [6.45, 7) is 0.739. The maximum Gasteiger partial charge on any atom is 0.152 e. The van der Waals surface area contributed by atoms with E-state index < -0.39 is 0 Å². The Labute approximate surface area is 95.8 Å². The van der Waals surface area contributed by atoms with Gasteiger partial charge in [-0.15, -0.1) is 11.3 Å². The Morgan fingerprint density at radius 3 is 3.25 bits per heavy atom. The monoisotopic (exact) mass is 231 g/mol. The Bertz CT molecular complexity index is 586. The van der Waals surface area contributed by atoms with Crippen molar-refractivity contribution >= 4 is 22.7 Å². The summed E-state index contributed by atoms with van der Waals surface area (Å²) in [6.07, 6.45) is 7.17. The molecular formula is C10H9N5S. The van der Waals surface area contributed by atoms with E-state index in [4.69, 9.17) is 0 Å².